The van der Waals surface area contributed by atoms with Crippen LogP contribution in [0.2, 0.25) is 0 Å². The number of ether oxygens (including phenoxy) is 2. The molecule has 0 bridgehead atoms. The first-order chi connectivity index (χ1) is 9.91. The molecule has 0 aromatic carbocycles. The van der Waals surface area contributed by atoms with E-state index in [4.69, 9.17) is 9.47 Å². The molecule has 0 fully saturated rings. The number of rotatable bonds is 13. The van der Waals surface area contributed by atoms with E-state index in [1.165, 1.54) is 0 Å². The van der Waals surface area contributed by atoms with Crippen LogP contribution in [-0.4, -0.2) is 55.7 Å². The highest BCUT2D eigenvalue weighted by molar-refractivity contribution is 7.99. The molecule has 0 radical (unpaired) electrons. The van der Waals surface area contributed by atoms with Gasteiger partial charge in [-0.25, -0.2) is 0 Å². The quantitative estimate of drug-likeness (QED) is 0.526. The fourth-order valence-corrected chi connectivity index (χ4v) is 1.58. The average Bonchev–Trinajstić information content (AvgIpc) is 2.47. The second-order valence-electron chi connectivity index (χ2n) is 5.40. The summed E-state index contributed by atoms with van der Waals surface area (Å²) in [5, 5.41) is 2.84. The summed E-state index contributed by atoms with van der Waals surface area (Å²) in [6, 6.07) is 0. The summed E-state index contributed by atoms with van der Waals surface area (Å²) in [5.41, 5.74) is 0. The highest BCUT2D eigenvalue weighted by Crippen LogP contribution is 2.19. The van der Waals surface area contributed by atoms with Gasteiger partial charge in [-0.05, 0) is 26.5 Å². The summed E-state index contributed by atoms with van der Waals surface area (Å²) in [4.78, 5) is 22.6. The lowest BCUT2D eigenvalue weighted by molar-refractivity contribution is -0.126. The lowest BCUT2D eigenvalue weighted by Crippen LogP contribution is -2.38. The van der Waals surface area contributed by atoms with E-state index in [1.54, 1.807) is 11.8 Å². The zero-order valence-electron chi connectivity index (χ0n) is 13.7. The van der Waals surface area contributed by atoms with Crippen LogP contribution in [0.3, 0.4) is 0 Å². The van der Waals surface area contributed by atoms with Crippen molar-refractivity contribution in [2.24, 2.45) is 0 Å². The maximum atomic E-state index is 11.5. The molecule has 1 amide bonds. The van der Waals surface area contributed by atoms with Gasteiger partial charge in [-0.15, -0.1) is 0 Å². The zero-order chi connectivity index (χ0) is 16.1. The largest absolute Gasteiger partial charge is 0.379 e. The molecule has 0 spiro atoms. The number of carbonyl (C=O) groups is 2. The maximum absolute atomic E-state index is 11.5. The van der Waals surface area contributed by atoms with E-state index in [0.717, 1.165) is 6.42 Å². The first kappa shape index (κ1) is 20.4. The van der Waals surface area contributed by atoms with Crippen LogP contribution in [0.1, 0.15) is 40.0 Å². The Kier molecular flexibility index (Phi) is 11.7. The Hall–Kier alpha value is -0.590. The molecule has 6 heteroatoms. The monoisotopic (exact) mass is 319 g/mol. The van der Waals surface area contributed by atoms with Crippen molar-refractivity contribution in [1.82, 2.24) is 5.32 Å². The van der Waals surface area contributed by atoms with Gasteiger partial charge in [-0.3, -0.25) is 9.59 Å². The number of Topliss-reactive ketones (excluding diaryl/α,β-unsaturated/α-hetero) is 1. The summed E-state index contributed by atoms with van der Waals surface area (Å²) >= 11 is 1.71. The number of hydrogen-bond acceptors (Lipinski definition) is 5. The molecule has 1 N–H and O–H groups in total. The Morgan fingerprint density at radius 1 is 1.14 bits per heavy atom. The number of thioether (sulfide) groups is 1. The summed E-state index contributed by atoms with van der Waals surface area (Å²) in [6.07, 6.45) is 3.93. The first-order valence-electron chi connectivity index (χ1n) is 7.40. The Labute approximate surface area is 132 Å². The molecule has 0 rings (SSSR count). The number of nitrogens with one attached hydrogen (secondary N) is 1. The third-order valence-corrected chi connectivity index (χ3v) is 4.26. The minimum atomic E-state index is -0.106. The molecule has 0 atom stereocenters. The van der Waals surface area contributed by atoms with Crippen LogP contribution in [0.4, 0.5) is 0 Å². The maximum Gasteiger partial charge on any atom is 0.246 e. The Morgan fingerprint density at radius 3 is 2.43 bits per heavy atom. The second-order valence-corrected chi connectivity index (χ2v) is 6.91. The van der Waals surface area contributed by atoms with Gasteiger partial charge in [-0.2, -0.15) is 11.8 Å². The molecule has 0 aromatic rings. The molecule has 124 valence electrons. The van der Waals surface area contributed by atoms with Gasteiger partial charge in [0.05, 0.1) is 13.2 Å². The normalized spacial score (nSPS) is 11.4. The lowest BCUT2D eigenvalue weighted by Gasteiger charge is -2.22. The van der Waals surface area contributed by atoms with E-state index >= 15 is 0 Å². The molecule has 0 heterocycles. The fraction of sp³-hybridized carbons (Fsp3) is 0.867. The molecule has 0 aliphatic rings. The van der Waals surface area contributed by atoms with Crippen molar-refractivity contribution in [3.05, 3.63) is 0 Å². The summed E-state index contributed by atoms with van der Waals surface area (Å²) < 4.78 is 10.6. The zero-order valence-corrected chi connectivity index (χ0v) is 14.5. The van der Waals surface area contributed by atoms with Crippen molar-refractivity contribution in [2.45, 2.75) is 44.8 Å². The van der Waals surface area contributed by atoms with Crippen LogP contribution in [-0.2, 0) is 19.1 Å². The Morgan fingerprint density at radius 2 is 1.81 bits per heavy atom. The minimum Gasteiger partial charge on any atom is -0.379 e. The molecule has 0 unspecified atom stereocenters. The molecule has 21 heavy (non-hydrogen) atoms. The third-order valence-electron chi connectivity index (χ3n) is 3.01. The smallest absolute Gasteiger partial charge is 0.246 e. The average molecular weight is 319 g/mol. The Balaban J connectivity index is 3.39. The van der Waals surface area contributed by atoms with E-state index in [9.17, 15) is 9.59 Å². The fourth-order valence-electron chi connectivity index (χ4n) is 1.37. The molecule has 0 aliphatic heterocycles. The molecule has 5 nitrogen and oxygen atoms in total. The van der Waals surface area contributed by atoms with Gasteiger partial charge in [0.2, 0.25) is 5.91 Å². The lowest BCUT2D eigenvalue weighted by atomic mass is 10.2. The van der Waals surface area contributed by atoms with Gasteiger partial charge >= 0.3 is 0 Å². The summed E-state index contributed by atoms with van der Waals surface area (Å²) in [6.45, 7) is 8.10. The third kappa shape index (κ3) is 12.8. The number of carbonyl (C=O) groups excluding carboxylic acids is 2. The van der Waals surface area contributed by atoms with Crippen molar-refractivity contribution < 1.29 is 19.1 Å². The molecule has 0 aliphatic carbocycles. The predicted octanol–water partition coefficient (Wildman–Crippen LogP) is 2.04. The van der Waals surface area contributed by atoms with Crippen LogP contribution in [0.25, 0.3) is 0 Å². The van der Waals surface area contributed by atoms with Gasteiger partial charge < -0.3 is 14.8 Å². The van der Waals surface area contributed by atoms with E-state index in [-0.39, 0.29) is 23.0 Å². The van der Waals surface area contributed by atoms with Gasteiger partial charge in [0.15, 0.2) is 0 Å². The van der Waals surface area contributed by atoms with Gasteiger partial charge in [-0.1, -0.05) is 6.92 Å². The number of amides is 1. The van der Waals surface area contributed by atoms with Crippen molar-refractivity contribution in [2.75, 3.05) is 39.2 Å². The standard InChI is InChI=1S/C15H29NO4S/c1-5-13(17)7-6-8-19-9-10-20-11-14(18)16-12-15(2,3)21-4/h5-12H2,1-4H3,(H,16,18). The van der Waals surface area contributed by atoms with Crippen molar-refractivity contribution in [3.63, 3.8) is 0 Å². The van der Waals surface area contributed by atoms with Crippen molar-refractivity contribution in [1.29, 1.82) is 0 Å². The first-order valence-corrected chi connectivity index (χ1v) is 8.62. The summed E-state index contributed by atoms with van der Waals surface area (Å²) in [5.74, 6) is 0.158. The van der Waals surface area contributed by atoms with Gasteiger partial charge in [0.25, 0.3) is 0 Å². The molecule has 0 saturated heterocycles. The number of ketones is 1. The van der Waals surface area contributed by atoms with Crippen molar-refractivity contribution >= 4 is 23.5 Å². The molecule has 0 aromatic heterocycles. The molecule has 0 saturated carbocycles. The van der Waals surface area contributed by atoms with Crippen LogP contribution < -0.4 is 5.32 Å². The van der Waals surface area contributed by atoms with E-state index < -0.39 is 0 Å². The second kappa shape index (κ2) is 12.0. The number of hydrogen-bond donors (Lipinski definition) is 1. The van der Waals surface area contributed by atoms with Gasteiger partial charge in [0.1, 0.15) is 12.4 Å². The SMILES string of the molecule is CCC(=O)CCCOCCOCC(=O)NCC(C)(C)SC. The summed E-state index contributed by atoms with van der Waals surface area (Å²) in [7, 11) is 0. The molecular weight excluding hydrogens is 290 g/mol. The van der Waals surface area contributed by atoms with E-state index in [0.29, 0.717) is 39.2 Å². The van der Waals surface area contributed by atoms with Crippen LogP contribution in [0.5, 0.6) is 0 Å². The van der Waals surface area contributed by atoms with E-state index in [1.807, 2.05) is 13.2 Å². The van der Waals surface area contributed by atoms with E-state index in [2.05, 4.69) is 19.2 Å². The van der Waals surface area contributed by atoms with Crippen LogP contribution in [0.15, 0.2) is 0 Å². The molecular formula is C15H29NO4S. The predicted molar refractivity (Wildman–Crippen MR) is 86.8 cm³/mol. The Bertz CT molecular complexity index is 308. The van der Waals surface area contributed by atoms with Crippen molar-refractivity contribution in [3.8, 4) is 0 Å². The highest BCUT2D eigenvalue weighted by Gasteiger charge is 2.16. The topological polar surface area (TPSA) is 64.6 Å². The van der Waals surface area contributed by atoms with Crippen LogP contribution >= 0.6 is 11.8 Å². The minimum absolute atomic E-state index is 0.0364. The highest BCUT2D eigenvalue weighted by atomic mass is 32.2. The van der Waals surface area contributed by atoms with Gasteiger partial charge in [0, 0.05) is 30.7 Å². The van der Waals surface area contributed by atoms with Crippen LogP contribution in [0, 0.1) is 0 Å².